The minimum Gasteiger partial charge on any atom is -0.493 e. The lowest BCUT2D eigenvalue weighted by Crippen LogP contribution is -2.41. The second-order valence-electron chi connectivity index (χ2n) is 9.01. The maximum Gasteiger partial charge on any atom is 0.408 e. The molecule has 0 aromatic heterocycles. The summed E-state index contributed by atoms with van der Waals surface area (Å²) < 4.78 is 21.6. The van der Waals surface area contributed by atoms with E-state index in [1.54, 1.807) is 35.0 Å². The van der Waals surface area contributed by atoms with Gasteiger partial charge in [-0.2, -0.15) is 0 Å². The molecular formula is C24H39NO6. The van der Waals surface area contributed by atoms with E-state index in [1.165, 1.54) is 0 Å². The average molecular weight is 438 g/mol. The van der Waals surface area contributed by atoms with Crippen molar-refractivity contribution in [3.8, 4) is 11.5 Å². The minimum atomic E-state index is -0.613. The Morgan fingerprint density at radius 3 is 2.39 bits per heavy atom. The number of ether oxygens (including phenoxy) is 4. The van der Waals surface area contributed by atoms with Gasteiger partial charge in [0.25, 0.3) is 0 Å². The topological polar surface area (TPSA) is 83.1 Å². The molecule has 7 nitrogen and oxygen atoms in total. The third kappa shape index (κ3) is 10.5. The van der Waals surface area contributed by atoms with Gasteiger partial charge in [-0.25, -0.2) is 4.79 Å². The summed E-state index contributed by atoms with van der Waals surface area (Å²) in [5.41, 5.74) is 0.473. The van der Waals surface area contributed by atoms with Crippen LogP contribution in [0.1, 0.15) is 53.0 Å². The average Bonchev–Trinajstić information content (AvgIpc) is 2.68. The zero-order chi connectivity index (χ0) is 23.4. The number of hydrogen-bond donors (Lipinski definition) is 1. The van der Waals surface area contributed by atoms with Crippen molar-refractivity contribution < 1.29 is 28.5 Å². The number of carbonyl (C=O) groups excluding carboxylic acids is 2. The lowest BCUT2D eigenvalue weighted by atomic mass is 9.84. The van der Waals surface area contributed by atoms with Crippen LogP contribution in [0.2, 0.25) is 0 Å². The summed E-state index contributed by atoms with van der Waals surface area (Å²) in [5.74, 6) is 1.87. The molecule has 0 aliphatic rings. The summed E-state index contributed by atoms with van der Waals surface area (Å²) in [4.78, 5) is 23.7. The van der Waals surface area contributed by atoms with Crippen LogP contribution in [0, 0.1) is 11.8 Å². The number of hydrogen-bond acceptors (Lipinski definition) is 6. The lowest BCUT2D eigenvalue weighted by molar-refractivity contribution is -0.110. The molecular weight excluding hydrogens is 398 g/mol. The Morgan fingerprint density at radius 1 is 1.13 bits per heavy atom. The molecule has 1 aromatic carbocycles. The third-order valence-corrected chi connectivity index (χ3v) is 4.84. The number of methoxy groups -OCH3 is 2. The van der Waals surface area contributed by atoms with Gasteiger partial charge in [0.15, 0.2) is 11.5 Å². The molecule has 0 saturated carbocycles. The van der Waals surface area contributed by atoms with Crippen molar-refractivity contribution in [2.75, 3.05) is 27.4 Å². The van der Waals surface area contributed by atoms with Crippen molar-refractivity contribution >= 4 is 12.4 Å². The van der Waals surface area contributed by atoms with Crippen LogP contribution in [0.25, 0.3) is 0 Å². The standard InChI is InChI=1S/C24H39NO6/c1-17(2)19(15-20(16-26)25-23(27)31-24(3,4)5)13-18-9-10-21(29-7)22(14-18)30-12-8-11-28-6/h9-10,14,16-17,19-20H,8,11-13,15H2,1-7H3,(H,25,27)/t19?,20-/m0/s1. The van der Waals surface area contributed by atoms with E-state index in [2.05, 4.69) is 19.2 Å². The normalized spacial score (nSPS) is 13.4. The highest BCUT2D eigenvalue weighted by molar-refractivity contribution is 5.73. The first-order valence-electron chi connectivity index (χ1n) is 10.8. The van der Waals surface area contributed by atoms with Gasteiger partial charge in [-0.1, -0.05) is 19.9 Å². The molecule has 1 unspecified atom stereocenters. The molecule has 0 spiro atoms. The highest BCUT2D eigenvalue weighted by Crippen LogP contribution is 2.31. The fourth-order valence-electron chi connectivity index (χ4n) is 3.17. The fraction of sp³-hybridized carbons (Fsp3) is 0.667. The van der Waals surface area contributed by atoms with Gasteiger partial charge in [0.05, 0.1) is 19.8 Å². The van der Waals surface area contributed by atoms with Gasteiger partial charge < -0.3 is 29.1 Å². The SMILES string of the molecule is COCCCOc1cc(CC(C[C@@H](C=O)NC(=O)OC(C)(C)C)C(C)C)ccc1OC. The molecule has 1 rings (SSSR count). The molecule has 1 N–H and O–H groups in total. The van der Waals surface area contributed by atoms with Gasteiger partial charge in [0, 0.05) is 20.1 Å². The smallest absolute Gasteiger partial charge is 0.408 e. The van der Waals surface area contributed by atoms with Crippen LogP contribution in [0.3, 0.4) is 0 Å². The second-order valence-corrected chi connectivity index (χ2v) is 9.01. The maximum atomic E-state index is 12.1. The third-order valence-electron chi connectivity index (χ3n) is 4.84. The predicted octanol–water partition coefficient (Wildman–Crippen LogP) is 4.41. The van der Waals surface area contributed by atoms with Crippen LogP contribution in [-0.2, 0) is 20.7 Å². The molecule has 1 amide bonds. The van der Waals surface area contributed by atoms with Gasteiger partial charge in [0.2, 0.25) is 0 Å². The van der Waals surface area contributed by atoms with Crippen molar-refractivity contribution in [1.82, 2.24) is 5.32 Å². The largest absolute Gasteiger partial charge is 0.493 e. The van der Waals surface area contributed by atoms with Gasteiger partial charge in [-0.15, -0.1) is 0 Å². The Hall–Kier alpha value is -2.28. The van der Waals surface area contributed by atoms with Crippen molar-refractivity contribution in [3.63, 3.8) is 0 Å². The van der Waals surface area contributed by atoms with Crippen LogP contribution in [-0.4, -0.2) is 51.5 Å². The first-order chi connectivity index (χ1) is 14.6. The van der Waals surface area contributed by atoms with E-state index >= 15 is 0 Å². The molecule has 2 atom stereocenters. The molecule has 0 aliphatic heterocycles. The first-order valence-corrected chi connectivity index (χ1v) is 10.8. The van der Waals surface area contributed by atoms with Crippen LogP contribution >= 0.6 is 0 Å². The minimum absolute atomic E-state index is 0.180. The van der Waals surface area contributed by atoms with E-state index in [0.29, 0.717) is 37.1 Å². The quantitative estimate of drug-likeness (QED) is 0.364. The Morgan fingerprint density at radius 2 is 1.84 bits per heavy atom. The predicted molar refractivity (Wildman–Crippen MR) is 121 cm³/mol. The first kappa shape index (κ1) is 26.8. The molecule has 0 radical (unpaired) electrons. The van der Waals surface area contributed by atoms with Gasteiger partial charge in [-0.05, 0) is 63.1 Å². The highest BCUT2D eigenvalue weighted by atomic mass is 16.6. The van der Waals surface area contributed by atoms with E-state index in [-0.39, 0.29) is 5.92 Å². The van der Waals surface area contributed by atoms with E-state index < -0.39 is 17.7 Å². The number of benzene rings is 1. The van der Waals surface area contributed by atoms with Crippen LogP contribution in [0.5, 0.6) is 11.5 Å². The monoisotopic (exact) mass is 437 g/mol. The van der Waals surface area contributed by atoms with E-state index in [0.717, 1.165) is 24.7 Å². The number of alkyl carbamates (subject to hydrolysis) is 1. The van der Waals surface area contributed by atoms with Crippen LogP contribution in [0.4, 0.5) is 4.79 Å². The van der Waals surface area contributed by atoms with Crippen LogP contribution < -0.4 is 14.8 Å². The zero-order valence-corrected chi connectivity index (χ0v) is 20.0. The van der Waals surface area contributed by atoms with Crippen LogP contribution in [0.15, 0.2) is 18.2 Å². The maximum absolute atomic E-state index is 12.1. The molecule has 31 heavy (non-hydrogen) atoms. The summed E-state index contributed by atoms with van der Waals surface area (Å²) in [7, 11) is 3.28. The Kier molecular flexibility index (Phi) is 11.4. The number of carbonyl (C=O) groups is 2. The summed E-state index contributed by atoms with van der Waals surface area (Å²) in [6.07, 6.45) is 2.25. The number of nitrogens with one attached hydrogen (secondary N) is 1. The summed E-state index contributed by atoms with van der Waals surface area (Å²) in [5, 5.41) is 2.68. The van der Waals surface area contributed by atoms with E-state index in [4.69, 9.17) is 18.9 Å². The molecule has 0 bridgehead atoms. The summed E-state index contributed by atoms with van der Waals surface area (Å²) in [6, 6.07) is 5.28. The molecule has 0 heterocycles. The Bertz CT molecular complexity index is 683. The van der Waals surface area contributed by atoms with Crippen molar-refractivity contribution in [2.45, 2.75) is 65.5 Å². The molecule has 7 heteroatoms. The lowest BCUT2D eigenvalue weighted by Gasteiger charge is -2.26. The second kappa shape index (κ2) is 13.2. The van der Waals surface area contributed by atoms with Gasteiger partial charge in [-0.3, -0.25) is 0 Å². The van der Waals surface area contributed by atoms with Crippen molar-refractivity contribution in [3.05, 3.63) is 23.8 Å². The Balaban J connectivity index is 2.84. The van der Waals surface area contributed by atoms with Gasteiger partial charge in [0.1, 0.15) is 11.9 Å². The van der Waals surface area contributed by atoms with Gasteiger partial charge >= 0.3 is 6.09 Å². The fourth-order valence-corrected chi connectivity index (χ4v) is 3.17. The summed E-state index contributed by atoms with van der Waals surface area (Å²) in [6.45, 7) is 10.8. The molecule has 0 aliphatic carbocycles. The Labute approximate surface area is 186 Å². The zero-order valence-electron chi connectivity index (χ0n) is 20.0. The molecule has 176 valence electrons. The van der Waals surface area contributed by atoms with Crippen molar-refractivity contribution in [2.24, 2.45) is 11.8 Å². The molecule has 1 aromatic rings. The summed E-state index contributed by atoms with van der Waals surface area (Å²) >= 11 is 0. The van der Waals surface area contributed by atoms with Crippen molar-refractivity contribution in [1.29, 1.82) is 0 Å². The van der Waals surface area contributed by atoms with E-state index in [9.17, 15) is 9.59 Å². The van der Waals surface area contributed by atoms with E-state index in [1.807, 2.05) is 18.2 Å². The molecule has 0 fully saturated rings. The number of amides is 1. The number of rotatable bonds is 13. The number of aldehydes is 1. The molecule has 0 saturated heterocycles. The highest BCUT2D eigenvalue weighted by Gasteiger charge is 2.24.